The summed E-state index contributed by atoms with van der Waals surface area (Å²) in [6.45, 7) is 3.21. The Morgan fingerprint density at radius 1 is 1.36 bits per heavy atom. The Balaban J connectivity index is 2.35. The normalized spacial score (nSPS) is 17.9. The van der Waals surface area contributed by atoms with Gasteiger partial charge in [0.2, 0.25) is 5.91 Å². The average molecular weight is 396 g/mol. The zero-order valence-corrected chi connectivity index (χ0v) is 16.5. The van der Waals surface area contributed by atoms with Crippen molar-refractivity contribution in [3.05, 3.63) is 35.9 Å². The van der Waals surface area contributed by atoms with Gasteiger partial charge in [0, 0.05) is 32.4 Å². The van der Waals surface area contributed by atoms with Crippen molar-refractivity contribution >= 4 is 11.9 Å². The molecule has 0 aliphatic carbocycles. The van der Waals surface area contributed by atoms with Gasteiger partial charge in [-0.2, -0.15) is 0 Å². The molecule has 1 aliphatic rings. The van der Waals surface area contributed by atoms with Crippen LogP contribution in [0, 0.1) is 0 Å². The molecule has 0 bridgehead atoms. The first-order valence-corrected chi connectivity index (χ1v) is 9.72. The van der Waals surface area contributed by atoms with Crippen LogP contribution in [0.2, 0.25) is 0 Å². The highest BCUT2D eigenvalue weighted by Crippen LogP contribution is 2.21. The number of likely N-dealkylation sites (tertiary alicyclic amines) is 1. The van der Waals surface area contributed by atoms with Crippen molar-refractivity contribution in [3.8, 4) is 0 Å². The zero-order chi connectivity index (χ0) is 20.8. The van der Waals surface area contributed by atoms with Crippen LogP contribution in [0.3, 0.4) is 0 Å². The second-order valence-electron chi connectivity index (χ2n) is 6.47. The number of ether oxygens (including phenoxy) is 1. The SMILES string of the molecule is CC/C(=C\C=C/CCC(=O)NCC(=CO)N1CCCC1C(=O)O)OCCCO. The van der Waals surface area contributed by atoms with E-state index in [1.54, 1.807) is 4.90 Å². The van der Waals surface area contributed by atoms with E-state index in [1.165, 1.54) is 0 Å². The molecule has 28 heavy (non-hydrogen) atoms. The van der Waals surface area contributed by atoms with Crippen LogP contribution in [0.25, 0.3) is 0 Å². The molecule has 0 aromatic carbocycles. The Hall–Kier alpha value is -2.48. The van der Waals surface area contributed by atoms with E-state index in [4.69, 9.17) is 9.84 Å². The number of carbonyl (C=O) groups excluding carboxylic acids is 1. The summed E-state index contributed by atoms with van der Waals surface area (Å²) in [7, 11) is 0. The van der Waals surface area contributed by atoms with Crippen molar-refractivity contribution in [3.63, 3.8) is 0 Å². The van der Waals surface area contributed by atoms with E-state index >= 15 is 0 Å². The quantitative estimate of drug-likeness (QED) is 0.214. The lowest BCUT2D eigenvalue weighted by molar-refractivity contribution is -0.141. The molecule has 1 heterocycles. The molecule has 1 fully saturated rings. The van der Waals surface area contributed by atoms with Gasteiger partial charge in [0.1, 0.15) is 12.3 Å². The van der Waals surface area contributed by atoms with Gasteiger partial charge in [0.05, 0.1) is 24.6 Å². The Labute approximate surface area is 166 Å². The number of aliphatic hydroxyl groups excluding tert-OH is 2. The van der Waals surface area contributed by atoms with Crippen LogP contribution in [0.5, 0.6) is 0 Å². The van der Waals surface area contributed by atoms with E-state index in [-0.39, 0.29) is 25.5 Å². The molecule has 1 unspecified atom stereocenters. The minimum Gasteiger partial charge on any atom is -0.514 e. The third-order valence-corrected chi connectivity index (χ3v) is 4.42. The van der Waals surface area contributed by atoms with E-state index in [0.717, 1.165) is 24.9 Å². The number of nitrogens with zero attached hydrogens (tertiary/aromatic N) is 1. The van der Waals surface area contributed by atoms with Crippen molar-refractivity contribution in [2.24, 2.45) is 0 Å². The van der Waals surface area contributed by atoms with Gasteiger partial charge in [-0.25, -0.2) is 4.79 Å². The van der Waals surface area contributed by atoms with E-state index in [2.05, 4.69) is 5.32 Å². The summed E-state index contributed by atoms with van der Waals surface area (Å²) in [6, 6.07) is -0.655. The molecule has 1 atom stereocenters. The summed E-state index contributed by atoms with van der Waals surface area (Å²) in [6.07, 6.45) is 9.88. The fraction of sp³-hybridized carbons (Fsp3) is 0.600. The first kappa shape index (κ1) is 23.6. The van der Waals surface area contributed by atoms with Gasteiger partial charge in [-0.3, -0.25) is 4.79 Å². The first-order valence-electron chi connectivity index (χ1n) is 9.72. The molecule has 8 nitrogen and oxygen atoms in total. The highest BCUT2D eigenvalue weighted by Gasteiger charge is 2.31. The number of carboxylic acid groups (broad SMARTS) is 1. The number of hydrogen-bond donors (Lipinski definition) is 4. The highest BCUT2D eigenvalue weighted by atomic mass is 16.5. The molecule has 1 saturated heterocycles. The summed E-state index contributed by atoms with van der Waals surface area (Å²) in [5.41, 5.74) is 0.407. The monoisotopic (exact) mass is 396 g/mol. The molecule has 0 aromatic rings. The number of hydrogen-bond acceptors (Lipinski definition) is 6. The van der Waals surface area contributed by atoms with E-state index < -0.39 is 12.0 Å². The van der Waals surface area contributed by atoms with Crippen molar-refractivity contribution in [1.82, 2.24) is 10.2 Å². The van der Waals surface area contributed by atoms with Crippen LogP contribution >= 0.6 is 0 Å². The van der Waals surface area contributed by atoms with Gasteiger partial charge >= 0.3 is 5.97 Å². The minimum absolute atomic E-state index is 0.0986. The largest absolute Gasteiger partial charge is 0.514 e. The maximum Gasteiger partial charge on any atom is 0.326 e. The van der Waals surface area contributed by atoms with Gasteiger partial charge in [-0.1, -0.05) is 19.1 Å². The molecule has 1 amide bonds. The predicted octanol–water partition coefficient (Wildman–Crippen LogP) is 2.08. The number of rotatable bonds is 13. The molecule has 0 radical (unpaired) electrons. The first-order chi connectivity index (χ1) is 13.5. The maximum atomic E-state index is 12.0. The Kier molecular flexibility index (Phi) is 11.5. The standard InChI is InChI=1S/C20H32N2O6/c1-2-17(28-13-7-12-23)8-4-3-5-10-19(25)21-14-16(15-24)22-11-6-9-18(22)20(26)27/h3-4,8,15,18,23-24H,2,5-7,9-14H2,1H3,(H,21,25)(H,26,27)/b4-3-,16-15?,17-8+. The van der Waals surface area contributed by atoms with E-state index in [1.807, 2.05) is 25.2 Å². The van der Waals surface area contributed by atoms with Crippen LogP contribution in [0.4, 0.5) is 0 Å². The molecule has 4 N–H and O–H groups in total. The number of aliphatic hydroxyl groups is 2. The van der Waals surface area contributed by atoms with Gasteiger partial charge < -0.3 is 30.3 Å². The van der Waals surface area contributed by atoms with Gasteiger partial charge in [0.25, 0.3) is 0 Å². The zero-order valence-electron chi connectivity index (χ0n) is 16.5. The minimum atomic E-state index is -0.923. The number of nitrogens with one attached hydrogen (secondary N) is 1. The van der Waals surface area contributed by atoms with Gasteiger partial charge in [-0.15, -0.1) is 0 Å². The average Bonchev–Trinajstić information content (AvgIpc) is 3.17. The molecule has 0 spiro atoms. The number of amides is 1. The number of carboxylic acids is 1. The van der Waals surface area contributed by atoms with Crippen LogP contribution in [-0.4, -0.2) is 64.4 Å². The van der Waals surface area contributed by atoms with Crippen molar-refractivity contribution in [2.75, 3.05) is 26.3 Å². The van der Waals surface area contributed by atoms with E-state index in [9.17, 15) is 19.8 Å². The van der Waals surface area contributed by atoms with Crippen molar-refractivity contribution in [1.29, 1.82) is 0 Å². The fourth-order valence-electron chi connectivity index (χ4n) is 2.89. The molecule has 158 valence electrons. The van der Waals surface area contributed by atoms with Crippen molar-refractivity contribution in [2.45, 2.75) is 51.5 Å². The van der Waals surface area contributed by atoms with E-state index in [0.29, 0.717) is 38.1 Å². The molecule has 8 heteroatoms. The Morgan fingerprint density at radius 2 is 2.14 bits per heavy atom. The summed E-state index contributed by atoms with van der Waals surface area (Å²) < 4.78 is 5.51. The summed E-state index contributed by atoms with van der Waals surface area (Å²) in [5.74, 6) is -0.271. The summed E-state index contributed by atoms with van der Waals surface area (Å²) in [4.78, 5) is 24.8. The van der Waals surface area contributed by atoms with Gasteiger partial charge in [-0.05, 0) is 25.3 Å². The lowest BCUT2D eigenvalue weighted by Gasteiger charge is -2.25. The second kappa shape index (κ2) is 13.7. The van der Waals surface area contributed by atoms with Crippen LogP contribution in [0.15, 0.2) is 35.9 Å². The molecular formula is C20H32N2O6. The van der Waals surface area contributed by atoms with Crippen LogP contribution in [-0.2, 0) is 14.3 Å². The lowest BCUT2D eigenvalue weighted by Crippen LogP contribution is -2.39. The second-order valence-corrected chi connectivity index (χ2v) is 6.47. The fourth-order valence-corrected chi connectivity index (χ4v) is 2.89. The van der Waals surface area contributed by atoms with Crippen LogP contribution in [0.1, 0.15) is 45.4 Å². The third-order valence-electron chi connectivity index (χ3n) is 4.42. The number of allylic oxidation sites excluding steroid dienone is 4. The molecular weight excluding hydrogens is 364 g/mol. The third kappa shape index (κ3) is 8.47. The van der Waals surface area contributed by atoms with Gasteiger partial charge in [0.15, 0.2) is 0 Å². The lowest BCUT2D eigenvalue weighted by atomic mass is 10.2. The Bertz CT molecular complexity index is 585. The summed E-state index contributed by atoms with van der Waals surface area (Å²) in [5, 5.41) is 30.1. The molecule has 0 saturated carbocycles. The number of aliphatic carboxylic acids is 1. The topological polar surface area (TPSA) is 119 Å². The maximum absolute atomic E-state index is 12.0. The predicted molar refractivity (Wildman–Crippen MR) is 105 cm³/mol. The Morgan fingerprint density at radius 3 is 2.79 bits per heavy atom. The molecule has 0 aromatic heterocycles. The smallest absolute Gasteiger partial charge is 0.326 e. The molecule has 1 aliphatic heterocycles. The highest BCUT2D eigenvalue weighted by molar-refractivity contribution is 5.76. The summed E-state index contributed by atoms with van der Waals surface area (Å²) >= 11 is 0. The van der Waals surface area contributed by atoms with Crippen molar-refractivity contribution < 1.29 is 29.6 Å². The van der Waals surface area contributed by atoms with Crippen LogP contribution < -0.4 is 5.32 Å². The molecule has 1 rings (SSSR count). The number of carbonyl (C=O) groups is 2.